The second-order valence-corrected chi connectivity index (χ2v) is 4.52. The molecule has 0 aromatic heterocycles. The van der Waals surface area contributed by atoms with Gasteiger partial charge in [0, 0.05) is 5.56 Å². The molecule has 0 saturated heterocycles. The molecule has 0 aliphatic carbocycles. The van der Waals surface area contributed by atoms with Crippen molar-refractivity contribution in [3.05, 3.63) is 59.4 Å². The lowest BCUT2D eigenvalue weighted by molar-refractivity contribution is -0.145. The van der Waals surface area contributed by atoms with Gasteiger partial charge in [-0.2, -0.15) is 0 Å². The van der Waals surface area contributed by atoms with E-state index in [1.54, 1.807) is 30.3 Å². The summed E-state index contributed by atoms with van der Waals surface area (Å²) < 4.78 is 19.2. The second kappa shape index (κ2) is 7.06. The normalized spacial score (nSPS) is 11.8. The molecule has 3 N–H and O–H groups in total. The highest BCUT2D eigenvalue weighted by atomic mass is 19.1. The molecule has 2 rings (SSSR count). The Hall–Kier alpha value is -2.38. The van der Waals surface area contributed by atoms with E-state index < -0.39 is 24.5 Å². The Morgan fingerprint density at radius 1 is 1.27 bits per heavy atom. The quantitative estimate of drug-likeness (QED) is 0.686. The highest BCUT2D eigenvalue weighted by Gasteiger charge is 2.23. The number of carbonyl (C=O) groups is 1. The number of hydrogen-bond donors (Lipinski definition) is 3. The van der Waals surface area contributed by atoms with Crippen LogP contribution in [0.2, 0.25) is 0 Å². The predicted molar refractivity (Wildman–Crippen MR) is 77.4 cm³/mol. The summed E-state index contributed by atoms with van der Waals surface area (Å²) >= 11 is 0. The van der Waals surface area contributed by atoms with Crippen molar-refractivity contribution in [2.75, 3.05) is 0 Å². The van der Waals surface area contributed by atoms with E-state index in [0.29, 0.717) is 13.0 Å². The third-order valence-corrected chi connectivity index (χ3v) is 3.07. The van der Waals surface area contributed by atoms with Gasteiger partial charge in [0.15, 0.2) is 11.6 Å². The monoisotopic (exact) mass is 303 g/mol. The smallest absolute Gasteiger partial charge is 0.349 e. The predicted octanol–water partition coefficient (Wildman–Crippen LogP) is 0.760. The van der Waals surface area contributed by atoms with E-state index in [4.69, 9.17) is 14.9 Å². The number of hydrogen-bond acceptors (Lipinski definition) is 4. The Kier molecular flexibility index (Phi) is 5.14. The summed E-state index contributed by atoms with van der Waals surface area (Å²) in [6.07, 6.45) is -1.39. The third-order valence-electron chi connectivity index (χ3n) is 3.07. The molecule has 2 aromatic rings. The van der Waals surface area contributed by atoms with Crippen LogP contribution >= 0.6 is 0 Å². The van der Waals surface area contributed by atoms with Crippen LogP contribution in [0.1, 0.15) is 17.2 Å². The zero-order chi connectivity index (χ0) is 16.1. The van der Waals surface area contributed by atoms with Gasteiger partial charge in [-0.25, -0.2) is 9.18 Å². The molecule has 0 aliphatic heterocycles. The van der Waals surface area contributed by atoms with Gasteiger partial charge >= 0.3 is 13.5 Å². The molecule has 0 aliphatic rings. The Morgan fingerprint density at radius 2 is 1.95 bits per heavy atom. The Balaban J connectivity index is 2.37. The van der Waals surface area contributed by atoms with Crippen molar-refractivity contribution in [1.29, 1.82) is 0 Å². The highest BCUT2D eigenvalue weighted by Crippen LogP contribution is 2.25. The fourth-order valence-corrected chi connectivity index (χ4v) is 1.97. The van der Waals surface area contributed by atoms with Gasteiger partial charge in [0.25, 0.3) is 0 Å². The molecule has 0 bridgehead atoms. The first-order valence-corrected chi connectivity index (χ1v) is 6.42. The number of aliphatic hydroxyl groups is 1. The minimum atomic E-state index is -1.39. The molecule has 2 aromatic carbocycles. The standard InChI is InChI=1S/C15H13BFO5/c17-12-6-10(8-18)11(16-21)7-13(12)22-14(15(19)20)9-4-2-1-3-5-9/h1-7,14,18,21H,8H2,(H,19,20). The number of rotatable bonds is 6. The topological polar surface area (TPSA) is 87.0 Å². The molecular formula is C15H13BFO5. The van der Waals surface area contributed by atoms with E-state index in [0.717, 1.165) is 12.1 Å². The first-order valence-electron chi connectivity index (χ1n) is 6.42. The van der Waals surface area contributed by atoms with Crippen molar-refractivity contribution in [3.63, 3.8) is 0 Å². The van der Waals surface area contributed by atoms with E-state index in [2.05, 4.69) is 0 Å². The molecular weight excluding hydrogens is 290 g/mol. The lowest BCUT2D eigenvalue weighted by atomic mass is 9.84. The number of halogens is 1. The van der Waals surface area contributed by atoms with Crippen molar-refractivity contribution >= 4 is 18.9 Å². The van der Waals surface area contributed by atoms with E-state index in [-0.39, 0.29) is 16.8 Å². The van der Waals surface area contributed by atoms with E-state index in [1.807, 2.05) is 0 Å². The lowest BCUT2D eigenvalue weighted by Crippen LogP contribution is -2.23. The van der Waals surface area contributed by atoms with Gasteiger partial charge in [0.1, 0.15) is 0 Å². The molecule has 5 nitrogen and oxygen atoms in total. The van der Waals surface area contributed by atoms with Crippen LogP contribution in [-0.4, -0.2) is 28.7 Å². The largest absolute Gasteiger partial charge is 0.478 e. The number of aliphatic hydroxyl groups excluding tert-OH is 1. The average molecular weight is 303 g/mol. The molecule has 113 valence electrons. The number of carboxylic acids is 1. The van der Waals surface area contributed by atoms with Crippen LogP contribution in [0.5, 0.6) is 5.75 Å². The van der Waals surface area contributed by atoms with Crippen LogP contribution in [0.4, 0.5) is 4.39 Å². The first-order chi connectivity index (χ1) is 10.6. The molecule has 0 saturated carbocycles. The molecule has 7 heteroatoms. The maximum absolute atomic E-state index is 14.0. The highest BCUT2D eigenvalue weighted by molar-refractivity contribution is 6.46. The minimum absolute atomic E-state index is 0.149. The zero-order valence-corrected chi connectivity index (χ0v) is 11.4. The number of aliphatic carboxylic acids is 1. The van der Waals surface area contributed by atoms with E-state index in [9.17, 15) is 14.3 Å². The van der Waals surface area contributed by atoms with Gasteiger partial charge in [-0.1, -0.05) is 30.3 Å². The van der Waals surface area contributed by atoms with E-state index >= 15 is 0 Å². The van der Waals surface area contributed by atoms with Crippen molar-refractivity contribution in [2.24, 2.45) is 0 Å². The Bertz CT molecular complexity index is 662. The Labute approximate surface area is 126 Å². The number of benzene rings is 2. The molecule has 1 unspecified atom stereocenters. The van der Waals surface area contributed by atoms with E-state index in [1.165, 1.54) is 0 Å². The van der Waals surface area contributed by atoms with Gasteiger partial charge in [-0.3, -0.25) is 0 Å². The van der Waals surface area contributed by atoms with Gasteiger partial charge in [0.05, 0.1) is 6.61 Å². The maximum atomic E-state index is 14.0. The summed E-state index contributed by atoms with van der Waals surface area (Å²) in [6, 6.07) is 10.2. The van der Waals surface area contributed by atoms with Crippen LogP contribution in [-0.2, 0) is 11.4 Å². The van der Waals surface area contributed by atoms with Crippen LogP contribution in [0.3, 0.4) is 0 Å². The van der Waals surface area contributed by atoms with Crippen molar-refractivity contribution in [3.8, 4) is 5.75 Å². The molecule has 1 radical (unpaired) electrons. The summed E-state index contributed by atoms with van der Waals surface area (Å²) in [4.78, 5) is 11.3. The van der Waals surface area contributed by atoms with Crippen LogP contribution < -0.4 is 10.2 Å². The Morgan fingerprint density at radius 3 is 2.50 bits per heavy atom. The average Bonchev–Trinajstić information content (AvgIpc) is 2.53. The van der Waals surface area contributed by atoms with Gasteiger partial charge in [0.2, 0.25) is 6.10 Å². The molecule has 0 fully saturated rings. The zero-order valence-electron chi connectivity index (χ0n) is 11.4. The van der Waals surface area contributed by atoms with Gasteiger partial charge in [-0.05, 0) is 23.2 Å². The summed E-state index contributed by atoms with van der Waals surface area (Å²) in [6.45, 7) is -0.468. The summed E-state index contributed by atoms with van der Waals surface area (Å²) in [5.41, 5.74) is 0.671. The lowest BCUT2D eigenvalue weighted by Gasteiger charge is -2.17. The fraction of sp³-hybridized carbons (Fsp3) is 0.133. The summed E-state index contributed by atoms with van der Waals surface area (Å²) in [5.74, 6) is -2.42. The first kappa shape index (κ1) is 16.0. The van der Waals surface area contributed by atoms with Crippen LogP contribution in [0, 0.1) is 5.82 Å². The number of carboxylic acid groups (broad SMARTS) is 1. The molecule has 1 atom stereocenters. The summed E-state index contributed by atoms with van der Waals surface area (Å²) in [7, 11) is 0.691. The molecule has 0 amide bonds. The SMILES string of the molecule is O=C(O)C(Oc1cc([B]O)c(CO)cc1F)c1ccccc1. The fourth-order valence-electron chi connectivity index (χ4n) is 1.97. The third kappa shape index (κ3) is 3.44. The van der Waals surface area contributed by atoms with Crippen molar-refractivity contribution < 1.29 is 29.2 Å². The van der Waals surface area contributed by atoms with Crippen LogP contribution in [0.25, 0.3) is 0 Å². The van der Waals surface area contributed by atoms with Crippen molar-refractivity contribution in [2.45, 2.75) is 12.7 Å². The van der Waals surface area contributed by atoms with Gasteiger partial charge in [-0.15, -0.1) is 0 Å². The maximum Gasteiger partial charge on any atom is 0.349 e. The summed E-state index contributed by atoms with van der Waals surface area (Å²) in [5, 5.41) is 27.4. The van der Waals surface area contributed by atoms with Crippen molar-refractivity contribution in [1.82, 2.24) is 0 Å². The molecule has 22 heavy (non-hydrogen) atoms. The van der Waals surface area contributed by atoms with Crippen LogP contribution in [0.15, 0.2) is 42.5 Å². The second-order valence-electron chi connectivity index (χ2n) is 4.52. The van der Waals surface area contributed by atoms with Gasteiger partial charge < -0.3 is 20.0 Å². The molecule has 0 spiro atoms. The number of ether oxygens (including phenoxy) is 1. The minimum Gasteiger partial charge on any atom is -0.478 e. The molecule has 0 heterocycles.